The summed E-state index contributed by atoms with van der Waals surface area (Å²) in [6.45, 7) is 0.466. The molecule has 0 atom stereocenters. The van der Waals surface area contributed by atoms with Crippen LogP contribution in [0.1, 0.15) is 12.1 Å². The van der Waals surface area contributed by atoms with Crippen LogP contribution in [0.15, 0.2) is 23.2 Å². The van der Waals surface area contributed by atoms with E-state index in [2.05, 4.69) is 9.71 Å². The van der Waals surface area contributed by atoms with Crippen LogP contribution in [0.3, 0.4) is 0 Å². The van der Waals surface area contributed by atoms with E-state index >= 15 is 0 Å². The molecule has 0 aliphatic rings. The van der Waals surface area contributed by atoms with Crippen molar-refractivity contribution in [2.45, 2.75) is 11.3 Å². The van der Waals surface area contributed by atoms with Gasteiger partial charge >= 0.3 is 0 Å². The van der Waals surface area contributed by atoms with Crippen LogP contribution < -0.4 is 4.72 Å². The van der Waals surface area contributed by atoms with E-state index in [9.17, 15) is 8.42 Å². The summed E-state index contributed by atoms with van der Waals surface area (Å²) >= 11 is 1.57. The Kier molecular flexibility index (Phi) is 6.80. The molecule has 0 bridgehead atoms. The average molecular weight is 301 g/mol. The highest BCUT2D eigenvalue weighted by Gasteiger charge is 2.13. The lowest BCUT2D eigenvalue weighted by Gasteiger charge is -2.06. The van der Waals surface area contributed by atoms with Crippen LogP contribution in [0.5, 0.6) is 0 Å². The van der Waals surface area contributed by atoms with E-state index < -0.39 is 10.0 Å². The van der Waals surface area contributed by atoms with Crippen molar-refractivity contribution in [3.05, 3.63) is 24.0 Å². The second kappa shape index (κ2) is 8.12. The molecule has 0 spiro atoms. The number of hydrogen-bond donors (Lipinski definition) is 2. The minimum Gasteiger partial charge on any atom is -0.396 e. The van der Waals surface area contributed by atoms with Crippen molar-refractivity contribution in [3.63, 3.8) is 0 Å². The molecule has 1 heterocycles. The lowest BCUT2D eigenvalue weighted by atomic mass is 10.4. The minimum atomic E-state index is -3.56. The third-order valence-corrected chi connectivity index (χ3v) is 4.66. The lowest BCUT2D eigenvalue weighted by Crippen LogP contribution is -2.26. The van der Waals surface area contributed by atoms with Gasteiger partial charge in [-0.15, -0.1) is 0 Å². The van der Waals surface area contributed by atoms with Crippen LogP contribution >= 0.6 is 11.8 Å². The van der Waals surface area contributed by atoms with E-state index in [1.54, 1.807) is 11.8 Å². The summed E-state index contributed by atoms with van der Waals surface area (Å²) in [6.07, 6.45) is 1.87. The van der Waals surface area contributed by atoms with Gasteiger partial charge in [-0.2, -0.15) is 17.0 Å². The quantitative estimate of drug-likeness (QED) is 0.671. The van der Waals surface area contributed by atoms with Gasteiger partial charge in [-0.3, -0.25) is 0 Å². The molecule has 0 fully saturated rings. The third kappa shape index (κ3) is 5.57. The molecule has 1 aromatic rings. The highest BCUT2D eigenvalue weighted by atomic mass is 32.2. The Labute approximate surface area is 116 Å². The highest BCUT2D eigenvalue weighted by molar-refractivity contribution is 7.99. The lowest BCUT2D eigenvalue weighted by molar-refractivity contribution is 0.296. The molecule has 0 unspecified atom stereocenters. The van der Waals surface area contributed by atoms with Crippen LogP contribution in [0, 0.1) is 11.3 Å². The Morgan fingerprint density at radius 3 is 2.79 bits per heavy atom. The molecule has 0 aliphatic heterocycles. The van der Waals surface area contributed by atoms with Crippen LogP contribution in [0.25, 0.3) is 0 Å². The summed E-state index contributed by atoms with van der Waals surface area (Å²) in [4.78, 5) is 3.77. The summed E-state index contributed by atoms with van der Waals surface area (Å²) < 4.78 is 26.1. The van der Waals surface area contributed by atoms with Gasteiger partial charge in [0.05, 0.1) is 0 Å². The summed E-state index contributed by atoms with van der Waals surface area (Å²) in [7, 11) is -3.56. The van der Waals surface area contributed by atoms with Crippen molar-refractivity contribution >= 4 is 21.8 Å². The summed E-state index contributed by atoms with van der Waals surface area (Å²) in [6, 6.07) is 4.55. The topological polar surface area (TPSA) is 103 Å². The first kappa shape index (κ1) is 15.9. The zero-order valence-corrected chi connectivity index (χ0v) is 11.9. The van der Waals surface area contributed by atoms with E-state index in [0.717, 1.165) is 5.75 Å². The molecule has 0 amide bonds. The summed E-state index contributed by atoms with van der Waals surface area (Å²) in [5.41, 5.74) is 0.179. The van der Waals surface area contributed by atoms with Gasteiger partial charge in [0, 0.05) is 25.1 Å². The molecule has 2 N–H and O–H groups in total. The number of nitrogens with one attached hydrogen (secondary N) is 1. The number of nitriles is 1. The predicted octanol–water partition coefficient (Wildman–Crippen LogP) is 0.347. The molecule has 0 saturated heterocycles. The number of hydrogen-bond acceptors (Lipinski definition) is 6. The van der Waals surface area contributed by atoms with Gasteiger partial charge in [-0.05, 0) is 24.3 Å². The van der Waals surface area contributed by atoms with E-state index in [1.165, 1.54) is 18.3 Å². The van der Waals surface area contributed by atoms with E-state index in [0.29, 0.717) is 18.7 Å². The normalized spacial score (nSPS) is 11.2. The van der Waals surface area contributed by atoms with Crippen LogP contribution in [-0.2, 0) is 10.0 Å². The molecule has 1 rings (SSSR count). The minimum absolute atomic E-state index is 0.0480. The number of pyridine rings is 1. The predicted molar refractivity (Wildman–Crippen MR) is 73.2 cm³/mol. The molecular formula is C11H15N3O3S2. The molecule has 6 nitrogen and oxygen atoms in total. The van der Waals surface area contributed by atoms with Crippen molar-refractivity contribution in [2.24, 2.45) is 0 Å². The Hall–Kier alpha value is -1.14. The Morgan fingerprint density at radius 1 is 1.42 bits per heavy atom. The smallest absolute Gasteiger partial charge is 0.242 e. The van der Waals surface area contributed by atoms with Crippen LogP contribution in [-0.4, -0.2) is 43.2 Å². The molecule has 104 valence electrons. The standard InChI is InChI=1S/C11H15N3O3S2/c12-8-10-2-3-11(9-13-10)19(16,17)14-4-7-18-6-1-5-15/h2-3,9,14-15H,1,4-7H2. The van der Waals surface area contributed by atoms with Gasteiger partial charge in [0.1, 0.15) is 16.7 Å². The molecule has 0 saturated carbocycles. The third-order valence-electron chi connectivity index (χ3n) is 2.15. The molecular weight excluding hydrogens is 286 g/mol. The zero-order chi connectivity index (χ0) is 14.1. The van der Waals surface area contributed by atoms with Gasteiger partial charge in [0.2, 0.25) is 10.0 Å². The van der Waals surface area contributed by atoms with Crippen molar-refractivity contribution in [3.8, 4) is 6.07 Å². The summed E-state index contributed by atoms with van der Waals surface area (Å²) in [5, 5.41) is 17.2. The number of nitrogens with zero attached hydrogens (tertiary/aromatic N) is 2. The number of sulfonamides is 1. The zero-order valence-electron chi connectivity index (χ0n) is 10.2. The molecule has 0 aliphatic carbocycles. The number of aliphatic hydroxyl groups is 1. The second-order valence-electron chi connectivity index (χ2n) is 3.58. The van der Waals surface area contributed by atoms with E-state index in [-0.39, 0.29) is 17.2 Å². The van der Waals surface area contributed by atoms with E-state index in [4.69, 9.17) is 10.4 Å². The van der Waals surface area contributed by atoms with E-state index in [1.807, 2.05) is 6.07 Å². The molecule has 8 heteroatoms. The first-order chi connectivity index (χ1) is 9.10. The first-order valence-corrected chi connectivity index (χ1v) is 8.28. The Bertz CT molecular complexity index is 523. The maximum absolute atomic E-state index is 11.8. The molecule has 19 heavy (non-hydrogen) atoms. The fraction of sp³-hybridized carbons (Fsp3) is 0.455. The largest absolute Gasteiger partial charge is 0.396 e. The highest BCUT2D eigenvalue weighted by Crippen LogP contribution is 2.08. The number of aromatic nitrogens is 1. The van der Waals surface area contributed by atoms with Gasteiger partial charge in [-0.25, -0.2) is 18.1 Å². The van der Waals surface area contributed by atoms with Crippen LogP contribution in [0.2, 0.25) is 0 Å². The SMILES string of the molecule is N#Cc1ccc(S(=O)(=O)NCCSCCCO)cn1. The Balaban J connectivity index is 2.45. The van der Waals surface area contributed by atoms with Gasteiger partial charge in [0.25, 0.3) is 0 Å². The average Bonchev–Trinajstić information content (AvgIpc) is 2.43. The monoisotopic (exact) mass is 301 g/mol. The van der Waals surface area contributed by atoms with Crippen molar-refractivity contribution in [1.29, 1.82) is 5.26 Å². The fourth-order valence-corrected chi connectivity index (χ4v) is 3.09. The maximum atomic E-state index is 11.8. The first-order valence-electron chi connectivity index (χ1n) is 5.64. The van der Waals surface area contributed by atoms with Gasteiger partial charge in [-0.1, -0.05) is 0 Å². The molecule has 1 aromatic heterocycles. The molecule has 0 radical (unpaired) electrons. The molecule has 0 aromatic carbocycles. The fourth-order valence-electron chi connectivity index (χ4n) is 1.21. The second-order valence-corrected chi connectivity index (χ2v) is 6.57. The van der Waals surface area contributed by atoms with Crippen molar-refractivity contribution in [1.82, 2.24) is 9.71 Å². The van der Waals surface area contributed by atoms with Crippen LogP contribution in [0.4, 0.5) is 0 Å². The Morgan fingerprint density at radius 2 is 2.21 bits per heavy atom. The van der Waals surface area contributed by atoms with Gasteiger partial charge < -0.3 is 5.11 Å². The van der Waals surface area contributed by atoms with Gasteiger partial charge in [0.15, 0.2) is 0 Å². The number of thioether (sulfide) groups is 1. The summed E-state index contributed by atoms with van der Waals surface area (Å²) in [5.74, 6) is 1.44. The van der Waals surface area contributed by atoms with Crippen molar-refractivity contribution < 1.29 is 13.5 Å². The number of rotatable bonds is 8. The maximum Gasteiger partial charge on any atom is 0.242 e. The number of aliphatic hydroxyl groups excluding tert-OH is 1. The van der Waals surface area contributed by atoms with Crippen molar-refractivity contribution in [2.75, 3.05) is 24.7 Å².